The molecular formula is C15H20N2O3. The molecule has 1 aromatic carbocycles. The highest BCUT2D eigenvalue weighted by molar-refractivity contribution is 5.76. The smallest absolute Gasteiger partial charge is 0.317 e. The number of aryl methyl sites for hydroxylation is 1. The number of amides is 2. The molecule has 2 N–H and O–H groups in total. The lowest BCUT2D eigenvalue weighted by Gasteiger charge is -2.30. The van der Waals surface area contributed by atoms with Crippen LogP contribution in [-0.4, -0.2) is 35.1 Å². The Morgan fingerprint density at radius 1 is 1.35 bits per heavy atom. The van der Waals surface area contributed by atoms with Crippen LogP contribution in [0, 0.1) is 12.8 Å². The topological polar surface area (TPSA) is 69.6 Å². The second-order valence-electron chi connectivity index (χ2n) is 5.27. The summed E-state index contributed by atoms with van der Waals surface area (Å²) in [7, 11) is 0. The third-order valence-corrected chi connectivity index (χ3v) is 3.62. The molecule has 0 saturated carbocycles. The molecule has 1 fully saturated rings. The molecule has 0 radical (unpaired) electrons. The van der Waals surface area contributed by atoms with Gasteiger partial charge >= 0.3 is 12.0 Å². The number of piperidine rings is 1. The number of hydrogen-bond donors (Lipinski definition) is 2. The lowest BCUT2D eigenvalue weighted by molar-refractivity contribution is -0.143. The van der Waals surface area contributed by atoms with Crippen molar-refractivity contribution in [3.63, 3.8) is 0 Å². The van der Waals surface area contributed by atoms with Crippen LogP contribution in [0.2, 0.25) is 0 Å². The molecule has 0 unspecified atom stereocenters. The van der Waals surface area contributed by atoms with Gasteiger partial charge in [0, 0.05) is 19.6 Å². The van der Waals surface area contributed by atoms with Crippen LogP contribution < -0.4 is 5.32 Å². The van der Waals surface area contributed by atoms with Crippen LogP contribution in [0.1, 0.15) is 24.0 Å². The standard InChI is InChI=1S/C15H20N2O3/c1-11-4-6-12(7-5-11)9-16-15(20)17-8-2-3-13(10-17)14(18)19/h4-7,13H,2-3,8-10H2,1H3,(H,16,20)(H,18,19)/t13-/m1/s1. The van der Waals surface area contributed by atoms with E-state index in [0.717, 1.165) is 12.0 Å². The molecule has 5 heteroatoms. The zero-order valence-electron chi connectivity index (χ0n) is 11.6. The Kier molecular flexibility index (Phi) is 4.61. The summed E-state index contributed by atoms with van der Waals surface area (Å²) in [5.74, 6) is -1.25. The second kappa shape index (κ2) is 6.41. The zero-order chi connectivity index (χ0) is 14.5. The first-order chi connectivity index (χ1) is 9.56. The van der Waals surface area contributed by atoms with Crippen LogP contribution in [0.15, 0.2) is 24.3 Å². The highest BCUT2D eigenvalue weighted by Gasteiger charge is 2.27. The Labute approximate surface area is 118 Å². The number of likely N-dealkylation sites (tertiary alicyclic amines) is 1. The van der Waals surface area contributed by atoms with Crippen molar-refractivity contribution in [3.8, 4) is 0 Å². The average Bonchev–Trinajstić information content (AvgIpc) is 2.46. The molecule has 1 aromatic rings. The van der Waals surface area contributed by atoms with Gasteiger partial charge in [-0.2, -0.15) is 0 Å². The van der Waals surface area contributed by atoms with Crippen molar-refractivity contribution >= 4 is 12.0 Å². The minimum Gasteiger partial charge on any atom is -0.481 e. The fourth-order valence-corrected chi connectivity index (χ4v) is 2.36. The van der Waals surface area contributed by atoms with Crippen LogP contribution in [0.4, 0.5) is 4.79 Å². The molecule has 5 nitrogen and oxygen atoms in total. The molecule has 0 spiro atoms. The summed E-state index contributed by atoms with van der Waals surface area (Å²) in [4.78, 5) is 24.6. The Morgan fingerprint density at radius 2 is 2.05 bits per heavy atom. The summed E-state index contributed by atoms with van der Waals surface area (Å²) in [6.45, 7) is 3.41. The molecule has 20 heavy (non-hydrogen) atoms. The van der Waals surface area contributed by atoms with Gasteiger partial charge in [-0.25, -0.2) is 4.79 Å². The second-order valence-corrected chi connectivity index (χ2v) is 5.27. The minimum atomic E-state index is -0.818. The van der Waals surface area contributed by atoms with E-state index in [1.807, 2.05) is 31.2 Å². The fraction of sp³-hybridized carbons (Fsp3) is 0.467. The summed E-state index contributed by atoms with van der Waals surface area (Å²) in [6.07, 6.45) is 1.39. The molecule has 0 aromatic heterocycles. The van der Waals surface area contributed by atoms with E-state index in [1.165, 1.54) is 5.56 Å². The van der Waals surface area contributed by atoms with Crippen LogP contribution in [0.25, 0.3) is 0 Å². The van der Waals surface area contributed by atoms with E-state index in [2.05, 4.69) is 5.32 Å². The van der Waals surface area contributed by atoms with E-state index in [0.29, 0.717) is 26.1 Å². The van der Waals surface area contributed by atoms with Crippen LogP contribution in [-0.2, 0) is 11.3 Å². The number of nitrogens with one attached hydrogen (secondary N) is 1. The van der Waals surface area contributed by atoms with Gasteiger partial charge in [0.25, 0.3) is 0 Å². The molecule has 2 rings (SSSR count). The first kappa shape index (κ1) is 14.4. The Hall–Kier alpha value is -2.04. The lowest BCUT2D eigenvalue weighted by Crippen LogP contribution is -2.46. The van der Waals surface area contributed by atoms with Gasteiger partial charge in [-0.3, -0.25) is 4.79 Å². The van der Waals surface area contributed by atoms with Crippen molar-refractivity contribution < 1.29 is 14.7 Å². The highest BCUT2D eigenvalue weighted by atomic mass is 16.4. The number of carbonyl (C=O) groups excluding carboxylic acids is 1. The van der Waals surface area contributed by atoms with Gasteiger partial charge in [0.05, 0.1) is 5.92 Å². The van der Waals surface area contributed by atoms with Gasteiger partial charge in [-0.15, -0.1) is 0 Å². The molecule has 1 aliphatic heterocycles. The SMILES string of the molecule is Cc1ccc(CNC(=O)N2CCC[C@@H](C(=O)O)C2)cc1. The first-order valence-corrected chi connectivity index (χ1v) is 6.87. The minimum absolute atomic E-state index is 0.184. The van der Waals surface area contributed by atoms with Gasteiger partial charge in [0.15, 0.2) is 0 Å². The number of carboxylic acid groups (broad SMARTS) is 1. The molecule has 1 heterocycles. The van der Waals surface area contributed by atoms with Gasteiger partial charge in [0.1, 0.15) is 0 Å². The van der Waals surface area contributed by atoms with Crippen molar-refractivity contribution in [2.45, 2.75) is 26.3 Å². The highest BCUT2D eigenvalue weighted by Crippen LogP contribution is 2.16. The number of carbonyl (C=O) groups is 2. The van der Waals surface area contributed by atoms with Crippen molar-refractivity contribution in [1.29, 1.82) is 0 Å². The predicted octanol–water partition coefficient (Wildman–Crippen LogP) is 2.00. The third-order valence-electron chi connectivity index (χ3n) is 3.62. The fourth-order valence-electron chi connectivity index (χ4n) is 2.36. The molecule has 1 saturated heterocycles. The third kappa shape index (κ3) is 3.73. The number of hydrogen-bond acceptors (Lipinski definition) is 2. The van der Waals surface area contributed by atoms with Gasteiger partial charge in [-0.1, -0.05) is 29.8 Å². The molecule has 0 bridgehead atoms. The zero-order valence-corrected chi connectivity index (χ0v) is 11.6. The molecule has 108 valence electrons. The number of carboxylic acids is 1. The van der Waals surface area contributed by atoms with E-state index >= 15 is 0 Å². The molecular weight excluding hydrogens is 256 g/mol. The largest absolute Gasteiger partial charge is 0.481 e. The van der Waals surface area contributed by atoms with E-state index in [-0.39, 0.29) is 6.03 Å². The monoisotopic (exact) mass is 276 g/mol. The van der Waals surface area contributed by atoms with Gasteiger partial charge in [0.2, 0.25) is 0 Å². The summed E-state index contributed by atoms with van der Waals surface area (Å²) < 4.78 is 0. The summed E-state index contributed by atoms with van der Waals surface area (Å²) in [6, 6.07) is 7.78. The van der Waals surface area contributed by atoms with Gasteiger partial charge in [-0.05, 0) is 25.3 Å². The summed E-state index contributed by atoms with van der Waals surface area (Å²) >= 11 is 0. The van der Waals surface area contributed by atoms with Crippen LogP contribution in [0.5, 0.6) is 0 Å². The Morgan fingerprint density at radius 3 is 2.70 bits per heavy atom. The normalized spacial score (nSPS) is 18.6. The Bertz CT molecular complexity index is 484. The molecule has 1 atom stereocenters. The number of urea groups is 1. The van der Waals surface area contributed by atoms with Crippen molar-refractivity contribution in [3.05, 3.63) is 35.4 Å². The average molecular weight is 276 g/mol. The molecule has 0 aliphatic carbocycles. The maximum absolute atomic E-state index is 12.0. The number of rotatable bonds is 3. The van der Waals surface area contributed by atoms with E-state index in [1.54, 1.807) is 4.90 Å². The Balaban J connectivity index is 1.85. The van der Waals surface area contributed by atoms with Crippen LogP contribution in [0.3, 0.4) is 0 Å². The van der Waals surface area contributed by atoms with Crippen LogP contribution >= 0.6 is 0 Å². The maximum atomic E-state index is 12.0. The number of benzene rings is 1. The van der Waals surface area contributed by atoms with Gasteiger partial charge < -0.3 is 15.3 Å². The summed E-state index contributed by atoms with van der Waals surface area (Å²) in [5, 5.41) is 11.9. The van der Waals surface area contributed by atoms with Crippen molar-refractivity contribution in [1.82, 2.24) is 10.2 Å². The maximum Gasteiger partial charge on any atom is 0.317 e. The van der Waals surface area contributed by atoms with Crippen molar-refractivity contribution in [2.24, 2.45) is 5.92 Å². The first-order valence-electron chi connectivity index (χ1n) is 6.87. The van der Waals surface area contributed by atoms with E-state index < -0.39 is 11.9 Å². The predicted molar refractivity (Wildman–Crippen MR) is 75.3 cm³/mol. The van der Waals surface area contributed by atoms with Crippen molar-refractivity contribution in [2.75, 3.05) is 13.1 Å². The van der Waals surface area contributed by atoms with E-state index in [4.69, 9.17) is 5.11 Å². The molecule has 2 amide bonds. The number of aliphatic carboxylic acids is 1. The van der Waals surface area contributed by atoms with E-state index in [9.17, 15) is 9.59 Å². The molecule has 1 aliphatic rings. The summed E-state index contributed by atoms with van der Waals surface area (Å²) in [5.41, 5.74) is 2.22. The number of nitrogens with zero attached hydrogens (tertiary/aromatic N) is 1. The quantitative estimate of drug-likeness (QED) is 0.887. The lowest BCUT2D eigenvalue weighted by atomic mass is 9.99.